The van der Waals surface area contributed by atoms with E-state index in [2.05, 4.69) is 36.4 Å². The van der Waals surface area contributed by atoms with E-state index in [0.717, 1.165) is 25.1 Å². The Labute approximate surface area is 127 Å². The molecule has 0 aliphatic rings. The van der Waals surface area contributed by atoms with Crippen molar-refractivity contribution in [3.05, 3.63) is 24.0 Å². The summed E-state index contributed by atoms with van der Waals surface area (Å²) in [5, 5.41) is 6.20. The molecule has 0 radical (unpaired) electrons. The van der Waals surface area contributed by atoms with Gasteiger partial charge in [-0.25, -0.2) is 0 Å². The minimum Gasteiger partial charge on any atom is -0.482 e. The lowest BCUT2D eigenvalue weighted by Gasteiger charge is -2.13. The summed E-state index contributed by atoms with van der Waals surface area (Å²) in [6.07, 6.45) is 3.68. The number of pyridine rings is 1. The van der Waals surface area contributed by atoms with Crippen molar-refractivity contribution in [2.24, 2.45) is 0 Å². The van der Waals surface area contributed by atoms with Crippen molar-refractivity contribution in [1.82, 2.24) is 15.6 Å². The molecule has 5 heteroatoms. The molecule has 1 amide bonds. The smallest absolute Gasteiger partial charge is 0.258 e. The average molecular weight is 293 g/mol. The van der Waals surface area contributed by atoms with Crippen molar-refractivity contribution in [3.8, 4) is 5.75 Å². The highest BCUT2D eigenvalue weighted by molar-refractivity contribution is 5.77. The molecule has 1 aromatic rings. The molecule has 0 aliphatic carbocycles. The Hall–Kier alpha value is -1.62. The molecule has 0 aliphatic heterocycles. The first kappa shape index (κ1) is 17.4. The molecular formula is C16H27N3O2. The fourth-order valence-corrected chi connectivity index (χ4v) is 1.88. The minimum atomic E-state index is -0.0958. The van der Waals surface area contributed by atoms with Gasteiger partial charge in [-0.05, 0) is 25.5 Å². The normalized spacial score (nSPS) is 12.2. The summed E-state index contributed by atoms with van der Waals surface area (Å²) in [6, 6.07) is 4.36. The third kappa shape index (κ3) is 7.66. The molecule has 21 heavy (non-hydrogen) atoms. The Morgan fingerprint density at radius 3 is 2.67 bits per heavy atom. The van der Waals surface area contributed by atoms with Crippen molar-refractivity contribution >= 4 is 5.91 Å². The molecule has 0 fully saturated rings. The van der Waals surface area contributed by atoms with Crippen molar-refractivity contribution in [2.45, 2.75) is 59.2 Å². The van der Waals surface area contributed by atoms with Gasteiger partial charge in [0.15, 0.2) is 6.61 Å². The molecule has 0 saturated carbocycles. The molecule has 1 rings (SSSR count). The maximum atomic E-state index is 11.7. The van der Waals surface area contributed by atoms with Crippen LogP contribution in [-0.4, -0.2) is 29.6 Å². The number of ether oxygens (including phenoxy) is 1. The summed E-state index contributed by atoms with van der Waals surface area (Å²) in [4.78, 5) is 16.0. The summed E-state index contributed by atoms with van der Waals surface area (Å²) in [6.45, 7) is 9.04. The van der Waals surface area contributed by atoms with Crippen LogP contribution in [0, 0.1) is 0 Å². The third-order valence-electron chi connectivity index (χ3n) is 2.99. The molecule has 0 bridgehead atoms. The van der Waals surface area contributed by atoms with Crippen LogP contribution in [0.1, 0.15) is 46.2 Å². The van der Waals surface area contributed by atoms with Crippen LogP contribution in [0.2, 0.25) is 0 Å². The molecule has 2 N–H and O–H groups in total. The standard InChI is InChI=1S/C16H27N3O2/c1-5-6-13(4)19-16(20)11-21-15-8-7-14(18-10-15)9-17-12(2)3/h7-8,10,12-13,17H,5-6,9,11H2,1-4H3,(H,19,20). The van der Waals surface area contributed by atoms with Gasteiger partial charge in [0.05, 0.1) is 11.9 Å². The molecule has 1 heterocycles. The van der Waals surface area contributed by atoms with E-state index in [4.69, 9.17) is 4.74 Å². The quantitative estimate of drug-likeness (QED) is 0.733. The van der Waals surface area contributed by atoms with Gasteiger partial charge in [-0.1, -0.05) is 27.2 Å². The number of nitrogens with zero attached hydrogens (tertiary/aromatic N) is 1. The highest BCUT2D eigenvalue weighted by atomic mass is 16.5. The van der Waals surface area contributed by atoms with E-state index in [1.807, 2.05) is 19.1 Å². The molecule has 1 atom stereocenters. The van der Waals surface area contributed by atoms with Gasteiger partial charge in [0.1, 0.15) is 5.75 Å². The summed E-state index contributed by atoms with van der Waals surface area (Å²) in [5.41, 5.74) is 0.956. The number of rotatable bonds is 9. The molecule has 0 spiro atoms. The molecule has 1 aromatic heterocycles. The Morgan fingerprint density at radius 2 is 2.10 bits per heavy atom. The zero-order chi connectivity index (χ0) is 15.7. The highest BCUT2D eigenvalue weighted by Gasteiger charge is 2.07. The van der Waals surface area contributed by atoms with Gasteiger partial charge in [0.2, 0.25) is 0 Å². The van der Waals surface area contributed by atoms with E-state index in [-0.39, 0.29) is 18.6 Å². The maximum absolute atomic E-state index is 11.7. The number of hydrogen-bond acceptors (Lipinski definition) is 4. The lowest BCUT2D eigenvalue weighted by Crippen LogP contribution is -2.35. The number of carbonyl (C=O) groups is 1. The van der Waals surface area contributed by atoms with Crippen molar-refractivity contribution < 1.29 is 9.53 Å². The third-order valence-corrected chi connectivity index (χ3v) is 2.99. The van der Waals surface area contributed by atoms with Gasteiger partial charge < -0.3 is 15.4 Å². The van der Waals surface area contributed by atoms with Crippen molar-refractivity contribution in [2.75, 3.05) is 6.61 Å². The van der Waals surface area contributed by atoms with Gasteiger partial charge in [-0.2, -0.15) is 0 Å². The number of carbonyl (C=O) groups excluding carboxylic acids is 1. The van der Waals surface area contributed by atoms with Crippen LogP contribution in [0.3, 0.4) is 0 Å². The van der Waals surface area contributed by atoms with Crippen LogP contribution in [0.4, 0.5) is 0 Å². The average Bonchev–Trinajstić information content (AvgIpc) is 2.44. The SMILES string of the molecule is CCCC(C)NC(=O)COc1ccc(CNC(C)C)nc1. The van der Waals surface area contributed by atoms with E-state index >= 15 is 0 Å². The van der Waals surface area contributed by atoms with Crippen LogP contribution in [0.15, 0.2) is 18.3 Å². The predicted octanol–water partition coefficient (Wildman–Crippen LogP) is 2.26. The second-order valence-electron chi connectivity index (χ2n) is 5.57. The largest absolute Gasteiger partial charge is 0.482 e. The number of aromatic nitrogens is 1. The van der Waals surface area contributed by atoms with Gasteiger partial charge >= 0.3 is 0 Å². The fraction of sp³-hybridized carbons (Fsp3) is 0.625. The Morgan fingerprint density at radius 1 is 1.33 bits per heavy atom. The first-order chi connectivity index (χ1) is 10.0. The first-order valence-corrected chi connectivity index (χ1v) is 7.61. The molecule has 0 aromatic carbocycles. The topological polar surface area (TPSA) is 63.2 Å². The Balaban J connectivity index is 2.33. The minimum absolute atomic E-state index is 0.0271. The Bertz CT molecular complexity index is 418. The van der Waals surface area contributed by atoms with E-state index < -0.39 is 0 Å². The van der Waals surface area contributed by atoms with Crippen molar-refractivity contribution in [1.29, 1.82) is 0 Å². The van der Waals surface area contributed by atoms with Crippen LogP contribution in [-0.2, 0) is 11.3 Å². The van der Waals surface area contributed by atoms with Gasteiger partial charge in [-0.15, -0.1) is 0 Å². The van der Waals surface area contributed by atoms with E-state index in [0.29, 0.717) is 11.8 Å². The highest BCUT2D eigenvalue weighted by Crippen LogP contribution is 2.09. The van der Waals surface area contributed by atoms with Crippen LogP contribution >= 0.6 is 0 Å². The fourth-order valence-electron chi connectivity index (χ4n) is 1.88. The second kappa shape index (κ2) is 9.34. The lowest BCUT2D eigenvalue weighted by atomic mass is 10.2. The molecule has 118 valence electrons. The summed E-state index contributed by atoms with van der Waals surface area (Å²) < 4.78 is 5.43. The molecule has 0 saturated heterocycles. The summed E-state index contributed by atoms with van der Waals surface area (Å²) >= 11 is 0. The van der Waals surface area contributed by atoms with Crippen LogP contribution in [0.5, 0.6) is 5.75 Å². The van der Waals surface area contributed by atoms with Crippen molar-refractivity contribution in [3.63, 3.8) is 0 Å². The van der Waals surface area contributed by atoms with Gasteiger partial charge in [-0.3, -0.25) is 9.78 Å². The van der Waals surface area contributed by atoms with E-state index in [1.165, 1.54) is 0 Å². The van der Waals surface area contributed by atoms with E-state index in [1.54, 1.807) is 6.20 Å². The number of amides is 1. The van der Waals surface area contributed by atoms with Crippen LogP contribution in [0.25, 0.3) is 0 Å². The molecule has 5 nitrogen and oxygen atoms in total. The van der Waals surface area contributed by atoms with Gasteiger partial charge in [0, 0.05) is 18.6 Å². The molecular weight excluding hydrogens is 266 g/mol. The van der Waals surface area contributed by atoms with Gasteiger partial charge in [0.25, 0.3) is 5.91 Å². The second-order valence-corrected chi connectivity index (χ2v) is 5.57. The monoisotopic (exact) mass is 293 g/mol. The predicted molar refractivity (Wildman–Crippen MR) is 84.2 cm³/mol. The number of hydrogen-bond donors (Lipinski definition) is 2. The summed E-state index contributed by atoms with van der Waals surface area (Å²) in [5.74, 6) is 0.517. The zero-order valence-electron chi connectivity index (χ0n) is 13.5. The maximum Gasteiger partial charge on any atom is 0.258 e. The lowest BCUT2D eigenvalue weighted by molar-refractivity contribution is -0.123. The number of nitrogens with one attached hydrogen (secondary N) is 2. The zero-order valence-corrected chi connectivity index (χ0v) is 13.5. The molecule has 1 unspecified atom stereocenters. The Kier molecular flexibility index (Phi) is 7.75. The summed E-state index contributed by atoms with van der Waals surface area (Å²) in [7, 11) is 0. The van der Waals surface area contributed by atoms with E-state index in [9.17, 15) is 4.79 Å². The van der Waals surface area contributed by atoms with Crippen LogP contribution < -0.4 is 15.4 Å². The first-order valence-electron chi connectivity index (χ1n) is 7.61.